The van der Waals surface area contributed by atoms with Crippen LogP contribution in [0, 0.1) is 0 Å². The molecule has 11 nitrogen and oxygen atoms in total. The van der Waals surface area contributed by atoms with Crippen LogP contribution in [0.2, 0.25) is 0 Å². The van der Waals surface area contributed by atoms with Crippen molar-refractivity contribution in [3.05, 3.63) is 53.1 Å². The fourth-order valence-electron chi connectivity index (χ4n) is 3.50. The van der Waals surface area contributed by atoms with E-state index in [1.165, 1.54) is 19.1 Å². The van der Waals surface area contributed by atoms with Crippen molar-refractivity contribution in [2.45, 2.75) is 63.4 Å². The number of nitrogens with one attached hydrogen (secondary N) is 1. The number of benzene rings is 1. The maximum atomic E-state index is 15.1. The second kappa shape index (κ2) is 12.1. The largest absolute Gasteiger partial charge is 0.462 e. The van der Waals surface area contributed by atoms with Gasteiger partial charge in [0.25, 0.3) is 6.43 Å². The summed E-state index contributed by atoms with van der Waals surface area (Å²) in [5.41, 5.74) is 1.39. The lowest BCUT2D eigenvalue weighted by Gasteiger charge is -2.34. The van der Waals surface area contributed by atoms with Crippen LogP contribution in [0.4, 0.5) is 19.0 Å². The third-order valence-electron chi connectivity index (χ3n) is 5.40. The Bertz CT molecular complexity index is 1220. The molecule has 1 aliphatic heterocycles. The Balaban J connectivity index is 1.90. The summed E-state index contributed by atoms with van der Waals surface area (Å²) < 4.78 is 66.2. The number of anilines is 1. The number of halogens is 3. The Morgan fingerprint density at radius 2 is 1.97 bits per heavy atom. The second-order valence-electron chi connectivity index (χ2n) is 8.71. The maximum absolute atomic E-state index is 15.1. The van der Waals surface area contributed by atoms with E-state index >= 15 is 4.39 Å². The van der Waals surface area contributed by atoms with Gasteiger partial charge in [0.05, 0.1) is 12.7 Å². The number of nitrogens with zero attached hydrogens (tertiary/aromatic N) is 2. The molecule has 0 aliphatic carbocycles. The first-order valence-corrected chi connectivity index (χ1v) is 14.0. The van der Waals surface area contributed by atoms with E-state index < -0.39 is 67.6 Å². The number of aliphatic hydroxyl groups excluding tert-OH is 1. The van der Waals surface area contributed by atoms with Crippen LogP contribution in [0.15, 0.2) is 47.4 Å². The Kier molecular flexibility index (Phi) is 9.55. The highest BCUT2D eigenvalue weighted by Crippen LogP contribution is 2.49. The third kappa shape index (κ3) is 6.71. The quantitative estimate of drug-likeness (QED) is 0.266. The summed E-state index contributed by atoms with van der Waals surface area (Å²) in [4.78, 5) is 28.0. The van der Waals surface area contributed by atoms with Crippen LogP contribution < -0.4 is 21.0 Å². The van der Waals surface area contributed by atoms with Crippen LogP contribution >= 0.6 is 6.64 Å². The highest BCUT2D eigenvalue weighted by molar-refractivity contribution is 8.09. The molecule has 6 atom stereocenters. The van der Waals surface area contributed by atoms with E-state index in [4.69, 9.17) is 36.1 Å². The van der Waals surface area contributed by atoms with Crippen LogP contribution in [0.25, 0.3) is 0 Å². The summed E-state index contributed by atoms with van der Waals surface area (Å²) in [7, 11) is 0. The number of alkyl halides is 3. The fraction of sp³-hybridized carbons (Fsp3) is 0.500. The molecule has 1 fully saturated rings. The van der Waals surface area contributed by atoms with Crippen LogP contribution in [0.1, 0.15) is 27.0 Å². The summed E-state index contributed by atoms with van der Waals surface area (Å²) in [6, 6.07) is 8.00. The monoisotopic (exact) mass is 580 g/mol. The number of rotatable bonds is 11. The number of aromatic nitrogens is 2. The Morgan fingerprint density at radius 1 is 1.32 bits per heavy atom. The van der Waals surface area contributed by atoms with E-state index in [0.29, 0.717) is 4.57 Å². The van der Waals surface area contributed by atoms with Gasteiger partial charge in [0, 0.05) is 6.20 Å². The maximum Gasteiger partial charge on any atom is 0.351 e. The van der Waals surface area contributed by atoms with E-state index in [0.717, 1.165) is 12.3 Å². The minimum absolute atomic E-state index is 0.182. The average Bonchev–Trinajstić information content (AvgIpc) is 3.09. The molecule has 3 rings (SSSR count). The molecule has 0 radical (unpaired) electrons. The van der Waals surface area contributed by atoms with E-state index in [1.54, 1.807) is 32.0 Å². The fourth-order valence-corrected chi connectivity index (χ4v) is 5.92. The molecule has 2 heterocycles. The van der Waals surface area contributed by atoms with Crippen LogP contribution in [-0.4, -0.2) is 63.7 Å². The number of para-hydroxylation sites is 1. The SMILES string of the molecule is CC(C)OC(=O)[C@H](C)NP(=S)(OC[C@@]1(C(F)F)O[C@@H](n2ccc(N)nc2=O)[C@H](F)[C@@H]1O)Oc1ccccc1. The topological polar surface area (TPSA) is 147 Å². The lowest BCUT2D eigenvalue weighted by atomic mass is 9.97. The molecule has 1 aliphatic rings. The number of ether oxygens (including phenoxy) is 2. The van der Waals surface area contributed by atoms with Crippen molar-refractivity contribution >= 4 is 30.2 Å². The Labute approximate surface area is 221 Å². The Hall–Kier alpha value is -2.55. The highest BCUT2D eigenvalue weighted by Gasteiger charge is 2.62. The summed E-state index contributed by atoms with van der Waals surface area (Å²) in [5, 5.41) is 13.2. The lowest BCUT2D eigenvalue weighted by Crippen LogP contribution is -2.52. The minimum Gasteiger partial charge on any atom is -0.462 e. The molecule has 210 valence electrons. The second-order valence-corrected chi connectivity index (χ2v) is 11.8. The van der Waals surface area contributed by atoms with Gasteiger partial charge >= 0.3 is 18.3 Å². The van der Waals surface area contributed by atoms with Crippen molar-refractivity contribution in [1.82, 2.24) is 14.6 Å². The van der Waals surface area contributed by atoms with Crippen molar-refractivity contribution in [3.8, 4) is 5.75 Å². The average molecular weight is 581 g/mol. The van der Waals surface area contributed by atoms with Gasteiger partial charge in [0.15, 0.2) is 18.0 Å². The van der Waals surface area contributed by atoms with Gasteiger partial charge in [0.1, 0.15) is 23.7 Å². The van der Waals surface area contributed by atoms with Gasteiger partial charge in [0.2, 0.25) is 0 Å². The number of aliphatic hydroxyl groups is 1. The molecular weight excluding hydrogens is 552 g/mol. The van der Waals surface area contributed by atoms with Crippen LogP contribution in [-0.2, 0) is 30.6 Å². The van der Waals surface area contributed by atoms with Crippen molar-refractivity contribution in [2.75, 3.05) is 12.3 Å². The number of nitrogens with two attached hydrogens (primary N) is 1. The van der Waals surface area contributed by atoms with Gasteiger partial charge in [-0.05, 0) is 50.8 Å². The molecule has 0 amide bonds. The number of esters is 1. The molecule has 4 N–H and O–H groups in total. The predicted molar refractivity (Wildman–Crippen MR) is 134 cm³/mol. The molecule has 1 aromatic heterocycles. The number of hydrogen-bond donors (Lipinski definition) is 3. The summed E-state index contributed by atoms with van der Waals surface area (Å²) in [6.07, 6.45) is -9.83. The summed E-state index contributed by atoms with van der Waals surface area (Å²) in [6.45, 7) is -0.338. The molecule has 16 heteroatoms. The minimum atomic E-state index is -3.85. The van der Waals surface area contributed by atoms with E-state index in [9.17, 15) is 23.5 Å². The standard InChI is InChI=1S/C22H28F3N4O7PS/c1-12(2)34-19(31)13(3)28-37(38,36-14-7-5-4-6-8-14)33-11-22(20(24)25)17(30)16(23)18(35-22)29-10-9-15(26)27-21(29)32/h4-10,12-13,16-18,20,30H,11H2,1-3H3,(H,28,38)(H2,26,27,32)/t13-,16+,17-,18+,22+,37?/m0/s1. The first kappa shape index (κ1) is 30.0. The van der Waals surface area contributed by atoms with Gasteiger partial charge in [-0.2, -0.15) is 4.98 Å². The smallest absolute Gasteiger partial charge is 0.351 e. The number of carbonyl (C=O) groups excluding carboxylic acids is 1. The normalized spacial score (nSPS) is 25.8. The number of carbonyl (C=O) groups is 1. The van der Waals surface area contributed by atoms with E-state index in [-0.39, 0.29) is 11.6 Å². The first-order chi connectivity index (χ1) is 17.8. The molecular formula is C22H28F3N4O7PS. The van der Waals surface area contributed by atoms with Crippen molar-refractivity contribution in [2.24, 2.45) is 0 Å². The zero-order chi connectivity index (χ0) is 28.3. The number of hydrogen-bond acceptors (Lipinski definition) is 10. The third-order valence-corrected chi connectivity index (χ3v) is 7.88. The summed E-state index contributed by atoms with van der Waals surface area (Å²) in [5.74, 6) is -0.708. The van der Waals surface area contributed by atoms with Gasteiger partial charge in [-0.15, -0.1) is 0 Å². The molecule has 2 aromatic rings. The molecule has 38 heavy (non-hydrogen) atoms. The van der Waals surface area contributed by atoms with Gasteiger partial charge in [-0.25, -0.2) is 23.1 Å². The van der Waals surface area contributed by atoms with Crippen molar-refractivity contribution in [3.63, 3.8) is 0 Å². The molecule has 1 unspecified atom stereocenters. The number of nitrogen functional groups attached to an aromatic ring is 1. The highest BCUT2D eigenvalue weighted by atomic mass is 32.5. The van der Waals surface area contributed by atoms with Gasteiger partial charge in [-0.1, -0.05) is 18.2 Å². The van der Waals surface area contributed by atoms with Crippen LogP contribution in [0.3, 0.4) is 0 Å². The molecule has 0 saturated carbocycles. The van der Waals surface area contributed by atoms with Gasteiger partial charge in [-0.3, -0.25) is 9.36 Å². The van der Waals surface area contributed by atoms with Crippen LogP contribution in [0.5, 0.6) is 5.75 Å². The zero-order valence-electron chi connectivity index (χ0n) is 20.6. The van der Waals surface area contributed by atoms with E-state index in [1.807, 2.05) is 0 Å². The van der Waals surface area contributed by atoms with Gasteiger partial charge < -0.3 is 29.4 Å². The predicted octanol–water partition coefficient (Wildman–Crippen LogP) is 2.31. The molecule has 1 aromatic carbocycles. The summed E-state index contributed by atoms with van der Waals surface area (Å²) >= 11 is 5.48. The molecule has 1 saturated heterocycles. The lowest BCUT2D eigenvalue weighted by molar-refractivity contribution is -0.192. The molecule has 0 spiro atoms. The zero-order valence-corrected chi connectivity index (χ0v) is 22.3. The van der Waals surface area contributed by atoms with Crippen molar-refractivity contribution < 1.29 is 41.6 Å². The first-order valence-electron chi connectivity index (χ1n) is 11.4. The van der Waals surface area contributed by atoms with Crippen molar-refractivity contribution in [1.29, 1.82) is 0 Å². The Morgan fingerprint density at radius 3 is 2.55 bits per heavy atom. The molecule has 0 bridgehead atoms. The van der Waals surface area contributed by atoms with E-state index in [2.05, 4.69) is 10.1 Å².